The van der Waals surface area contributed by atoms with E-state index < -0.39 is 5.97 Å². The van der Waals surface area contributed by atoms with Crippen LogP contribution in [0.15, 0.2) is 17.5 Å². The number of nitrogens with one attached hydrogen (secondary N) is 1. The molecule has 2 N–H and O–H groups in total. The van der Waals surface area contributed by atoms with Crippen LogP contribution in [0.4, 0.5) is 0 Å². The van der Waals surface area contributed by atoms with Crippen molar-refractivity contribution in [3.05, 3.63) is 22.4 Å². The second-order valence-electron chi connectivity index (χ2n) is 5.71. The van der Waals surface area contributed by atoms with Crippen molar-refractivity contribution in [2.75, 3.05) is 6.61 Å². The fourth-order valence-corrected chi connectivity index (χ4v) is 3.42. The fraction of sp³-hybridized carbons (Fsp3) is 0.667. The molecular formula is C15H23NO3S. The van der Waals surface area contributed by atoms with E-state index in [9.17, 15) is 4.79 Å². The smallest absolute Gasteiger partial charge is 0.305 e. The van der Waals surface area contributed by atoms with Crippen LogP contribution in [-0.4, -0.2) is 29.8 Å². The van der Waals surface area contributed by atoms with Gasteiger partial charge in [-0.15, -0.1) is 11.3 Å². The van der Waals surface area contributed by atoms with Crippen LogP contribution in [0.25, 0.3) is 0 Å². The predicted molar refractivity (Wildman–Crippen MR) is 80.0 cm³/mol. The number of rotatable bonds is 6. The first-order chi connectivity index (χ1) is 9.56. The molecule has 0 spiro atoms. The van der Waals surface area contributed by atoms with Gasteiger partial charge in [0.25, 0.3) is 0 Å². The minimum absolute atomic E-state index is 0.0941. The van der Waals surface area contributed by atoms with Crippen LogP contribution in [0.2, 0.25) is 0 Å². The van der Waals surface area contributed by atoms with Gasteiger partial charge < -0.3 is 15.2 Å². The van der Waals surface area contributed by atoms with Gasteiger partial charge in [-0.25, -0.2) is 0 Å². The first kappa shape index (κ1) is 15.5. The topological polar surface area (TPSA) is 58.6 Å². The van der Waals surface area contributed by atoms with Gasteiger partial charge in [-0.2, -0.15) is 0 Å². The number of ether oxygens (including phenoxy) is 1. The Labute approximate surface area is 124 Å². The molecule has 2 heterocycles. The number of hydrogen-bond acceptors (Lipinski definition) is 4. The first-order valence-electron chi connectivity index (χ1n) is 7.19. The zero-order valence-electron chi connectivity index (χ0n) is 12.0. The zero-order chi connectivity index (χ0) is 14.5. The Morgan fingerprint density at radius 1 is 1.60 bits per heavy atom. The first-order valence-corrected chi connectivity index (χ1v) is 8.07. The van der Waals surface area contributed by atoms with Crippen LogP contribution < -0.4 is 5.32 Å². The predicted octanol–water partition coefficient (Wildman–Crippen LogP) is 3.06. The summed E-state index contributed by atoms with van der Waals surface area (Å²) in [5, 5.41) is 14.6. The molecule has 4 nitrogen and oxygen atoms in total. The summed E-state index contributed by atoms with van der Waals surface area (Å²) in [6, 6.07) is 4.22. The third-order valence-corrected chi connectivity index (χ3v) is 4.75. The lowest BCUT2D eigenvalue weighted by molar-refractivity contribution is -0.137. The van der Waals surface area contributed by atoms with Crippen LogP contribution in [0.1, 0.15) is 44.0 Å². The average molecular weight is 297 g/mol. The molecule has 0 amide bonds. The summed E-state index contributed by atoms with van der Waals surface area (Å²) in [7, 11) is 0. The Morgan fingerprint density at radius 2 is 2.40 bits per heavy atom. The average Bonchev–Trinajstić information content (AvgIpc) is 2.91. The molecule has 1 aromatic heterocycles. The van der Waals surface area contributed by atoms with Gasteiger partial charge in [-0.05, 0) is 30.2 Å². The number of hydrogen-bond donors (Lipinski definition) is 2. The largest absolute Gasteiger partial charge is 0.481 e. The molecule has 1 aromatic rings. The van der Waals surface area contributed by atoms with Gasteiger partial charge in [0, 0.05) is 17.5 Å². The molecule has 3 atom stereocenters. The number of thiophene rings is 1. The van der Waals surface area contributed by atoms with Gasteiger partial charge in [0.2, 0.25) is 0 Å². The van der Waals surface area contributed by atoms with Crippen LogP contribution in [-0.2, 0) is 9.53 Å². The lowest BCUT2D eigenvalue weighted by atomic mass is 9.94. The summed E-state index contributed by atoms with van der Waals surface area (Å²) in [6.45, 7) is 5.09. The van der Waals surface area contributed by atoms with Gasteiger partial charge in [0.05, 0.1) is 18.6 Å². The molecular weight excluding hydrogens is 274 g/mol. The van der Waals surface area contributed by atoms with Crippen molar-refractivity contribution < 1.29 is 14.6 Å². The standard InChI is InChI=1S/C15H23NO3S/c1-10(2)13-8-11(5-6-19-13)16-12(9-15(17)18)14-4-3-7-20-14/h3-4,7,10-13,16H,5-6,8-9H2,1-2H3,(H,17,18). The van der Waals surface area contributed by atoms with Gasteiger partial charge in [-0.3, -0.25) is 4.79 Å². The molecule has 0 bridgehead atoms. The van der Waals surface area contributed by atoms with E-state index in [-0.39, 0.29) is 18.6 Å². The Hall–Kier alpha value is -0.910. The molecule has 1 aliphatic rings. The third-order valence-electron chi connectivity index (χ3n) is 3.76. The molecule has 0 radical (unpaired) electrons. The lowest BCUT2D eigenvalue weighted by Crippen LogP contribution is -2.42. The van der Waals surface area contributed by atoms with E-state index >= 15 is 0 Å². The molecule has 5 heteroatoms. The monoisotopic (exact) mass is 297 g/mol. The van der Waals surface area contributed by atoms with Crippen LogP contribution >= 0.6 is 11.3 Å². The number of aliphatic carboxylic acids is 1. The highest BCUT2D eigenvalue weighted by Crippen LogP contribution is 2.26. The minimum atomic E-state index is -0.761. The van der Waals surface area contributed by atoms with Gasteiger partial charge in [-0.1, -0.05) is 19.9 Å². The molecule has 0 saturated carbocycles. The van der Waals surface area contributed by atoms with E-state index in [0.717, 1.165) is 24.3 Å². The molecule has 20 heavy (non-hydrogen) atoms. The van der Waals surface area contributed by atoms with E-state index in [1.807, 2.05) is 17.5 Å². The second-order valence-corrected chi connectivity index (χ2v) is 6.69. The second kappa shape index (κ2) is 7.20. The maximum Gasteiger partial charge on any atom is 0.305 e. The van der Waals surface area contributed by atoms with Crippen LogP contribution in [0.5, 0.6) is 0 Å². The van der Waals surface area contributed by atoms with E-state index in [2.05, 4.69) is 19.2 Å². The Kier molecular flexibility index (Phi) is 5.57. The number of carboxylic acids is 1. The maximum absolute atomic E-state index is 11.1. The lowest BCUT2D eigenvalue weighted by Gasteiger charge is -2.34. The summed E-state index contributed by atoms with van der Waals surface area (Å²) >= 11 is 1.61. The van der Waals surface area contributed by atoms with Crippen molar-refractivity contribution in [2.45, 2.75) is 51.3 Å². The van der Waals surface area contributed by atoms with Crippen molar-refractivity contribution >= 4 is 17.3 Å². The van der Waals surface area contributed by atoms with E-state index in [1.165, 1.54) is 0 Å². The molecule has 1 fully saturated rings. The maximum atomic E-state index is 11.1. The molecule has 0 aromatic carbocycles. The Bertz CT molecular complexity index is 419. The van der Waals surface area contributed by atoms with E-state index in [4.69, 9.17) is 9.84 Å². The quantitative estimate of drug-likeness (QED) is 0.847. The Balaban J connectivity index is 1.98. The molecule has 1 saturated heterocycles. The highest BCUT2D eigenvalue weighted by Gasteiger charge is 2.27. The summed E-state index contributed by atoms with van der Waals surface area (Å²) in [5.74, 6) is -0.261. The van der Waals surface area contributed by atoms with Gasteiger partial charge in [0.15, 0.2) is 0 Å². The van der Waals surface area contributed by atoms with Gasteiger partial charge in [0.1, 0.15) is 0 Å². The highest BCUT2D eigenvalue weighted by atomic mass is 32.1. The van der Waals surface area contributed by atoms with Crippen LogP contribution in [0, 0.1) is 5.92 Å². The van der Waals surface area contributed by atoms with Crippen molar-refractivity contribution in [3.8, 4) is 0 Å². The summed E-state index contributed by atoms with van der Waals surface area (Å²) in [6.07, 6.45) is 2.31. The SMILES string of the molecule is CC(C)C1CC(NC(CC(=O)O)c2cccs2)CCO1. The molecule has 1 aliphatic heterocycles. The van der Waals surface area contributed by atoms with Crippen molar-refractivity contribution in [1.29, 1.82) is 0 Å². The molecule has 3 unspecified atom stereocenters. The fourth-order valence-electron chi connectivity index (χ4n) is 2.63. The number of carboxylic acid groups (broad SMARTS) is 1. The number of carbonyl (C=O) groups is 1. The van der Waals surface area contributed by atoms with E-state index in [0.29, 0.717) is 12.0 Å². The van der Waals surface area contributed by atoms with Crippen LogP contribution in [0.3, 0.4) is 0 Å². The molecule has 2 rings (SSSR count). The van der Waals surface area contributed by atoms with Crippen molar-refractivity contribution in [2.24, 2.45) is 5.92 Å². The van der Waals surface area contributed by atoms with Gasteiger partial charge >= 0.3 is 5.97 Å². The zero-order valence-corrected chi connectivity index (χ0v) is 12.9. The van der Waals surface area contributed by atoms with Crippen molar-refractivity contribution in [1.82, 2.24) is 5.32 Å². The summed E-state index contributed by atoms with van der Waals surface area (Å²) in [4.78, 5) is 12.2. The Morgan fingerprint density at radius 3 is 3.00 bits per heavy atom. The van der Waals surface area contributed by atoms with Crippen molar-refractivity contribution in [3.63, 3.8) is 0 Å². The van der Waals surface area contributed by atoms with E-state index in [1.54, 1.807) is 11.3 Å². The summed E-state index contributed by atoms with van der Waals surface area (Å²) < 4.78 is 5.77. The highest BCUT2D eigenvalue weighted by molar-refractivity contribution is 7.10. The minimum Gasteiger partial charge on any atom is -0.481 e. The summed E-state index contributed by atoms with van der Waals surface area (Å²) in [5.41, 5.74) is 0. The third kappa shape index (κ3) is 4.30. The molecule has 0 aliphatic carbocycles. The normalized spacial score (nSPS) is 24.8. The molecule has 112 valence electrons.